The SMILES string of the molecule is CCC1[I-][C@]1(NC(=O)[C@@H]1C[C@H](OS(=O)(=O)c2ccc(Br)cc2)CN1C(=O)[C@@H](NC(=O)OC(C)(C)C)C(C)(C)C)C(=O)OC. The van der Waals surface area contributed by atoms with E-state index in [0.29, 0.717) is 10.9 Å². The first-order valence-corrected chi connectivity index (χ1v) is 18.3. The van der Waals surface area contributed by atoms with E-state index in [-0.39, 0.29) is 21.8 Å². The molecule has 1 aromatic carbocycles. The van der Waals surface area contributed by atoms with Crippen LogP contribution in [-0.2, 0) is 38.2 Å². The van der Waals surface area contributed by atoms with Gasteiger partial charge in [0.05, 0.1) is 0 Å². The minimum absolute atomic E-state index is 0.0331. The van der Waals surface area contributed by atoms with Crippen molar-refractivity contribution < 1.29 is 62.5 Å². The van der Waals surface area contributed by atoms with Gasteiger partial charge in [0.15, 0.2) is 0 Å². The number of hydrogen-bond donors (Lipinski definition) is 2. The molecule has 0 radical (unpaired) electrons. The maximum atomic E-state index is 14.1. The molecular weight excluding hydrogens is 761 g/mol. The van der Waals surface area contributed by atoms with E-state index in [1.165, 1.54) is 24.1 Å². The summed E-state index contributed by atoms with van der Waals surface area (Å²) in [6.07, 6.45) is -1.37. The first-order valence-electron chi connectivity index (χ1n) is 13.8. The number of ether oxygens (including phenoxy) is 2. The van der Waals surface area contributed by atoms with Gasteiger partial charge in [0, 0.05) is 0 Å². The molecule has 0 saturated carbocycles. The molecule has 43 heavy (non-hydrogen) atoms. The summed E-state index contributed by atoms with van der Waals surface area (Å²) >= 11 is 2.53. The number of nitrogens with zero attached hydrogens (tertiary/aromatic N) is 1. The van der Waals surface area contributed by atoms with Crippen LogP contribution in [0.5, 0.6) is 0 Å². The third kappa shape index (κ3) is 8.60. The van der Waals surface area contributed by atoms with E-state index in [9.17, 15) is 27.6 Å². The minimum atomic E-state index is -4.25. The van der Waals surface area contributed by atoms with E-state index in [1.54, 1.807) is 53.7 Å². The predicted molar refractivity (Wildman–Crippen MR) is 156 cm³/mol. The van der Waals surface area contributed by atoms with Crippen molar-refractivity contribution in [2.45, 2.75) is 97.5 Å². The summed E-state index contributed by atoms with van der Waals surface area (Å²) in [5, 5.41) is 5.47. The first-order chi connectivity index (χ1) is 19.7. The van der Waals surface area contributed by atoms with Gasteiger partial charge in [-0.1, -0.05) is 15.9 Å². The molecule has 2 aliphatic heterocycles. The molecule has 2 heterocycles. The zero-order valence-corrected chi connectivity index (χ0v) is 30.1. The van der Waals surface area contributed by atoms with Gasteiger partial charge in [-0.2, -0.15) is 0 Å². The van der Waals surface area contributed by atoms with Crippen LogP contribution >= 0.6 is 15.9 Å². The van der Waals surface area contributed by atoms with Crippen LogP contribution in [0.3, 0.4) is 0 Å². The second-order valence-corrected chi connectivity index (χ2v) is 18.8. The standard InChI is InChI=1S/C28H40BrIN3O9S/c1-9-20-28(30-20,24(36)40-8)32-22(34)19-14-17(42-43(38,39)18-12-10-16(29)11-13-18)15-33(19)23(35)21(26(2,3)4)31-25(37)41-27(5,6)7/h10-13,17,19-21H,9,14-15H2,1-8H3,(H,31,37)(H,32,34)/q-1/t17-,19-,20?,21+,28+/m0/s1. The van der Waals surface area contributed by atoms with Crippen molar-refractivity contribution in [2.24, 2.45) is 5.41 Å². The summed E-state index contributed by atoms with van der Waals surface area (Å²) in [5.41, 5.74) is -1.64. The van der Waals surface area contributed by atoms with Crippen LogP contribution in [0.25, 0.3) is 0 Å². The number of alkyl halides is 2. The number of halogens is 2. The molecule has 12 nitrogen and oxygen atoms in total. The van der Waals surface area contributed by atoms with Gasteiger partial charge in [-0.15, -0.1) is 0 Å². The maximum absolute atomic E-state index is 14.1. The van der Waals surface area contributed by atoms with Gasteiger partial charge in [-0.25, -0.2) is 0 Å². The average Bonchev–Trinajstić information content (AvgIpc) is 3.44. The van der Waals surface area contributed by atoms with E-state index in [2.05, 4.69) is 26.6 Å². The van der Waals surface area contributed by atoms with Crippen LogP contribution in [0.2, 0.25) is 0 Å². The molecule has 2 N–H and O–H groups in total. The molecule has 1 aromatic rings. The molecule has 0 bridgehead atoms. The summed E-state index contributed by atoms with van der Waals surface area (Å²) in [6.45, 7) is 12.0. The van der Waals surface area contributed by atoms with Crippen molar-refractivity contribution in [3.8, 4) is 0 Å². The molecule has 1 unspecified atom stereocenters. The fraction of sp³-hybridized carbons (Fsp3) is 0.643. The van der Waals surface area contributed by atoms with Gasteiger partial charge in [0.1, 0.15) is 0 Å². The van der Waals surface area contributed by atoms with E-state index in [0.717, 1.165) is 0 Å². The molecule has 3 amide bonds. The van der Waals surface area contributed by atoms with Crippen LogP contribution in [0.15, 0.2) is 33.6 Å². The van der Waals surface area contributed by atoms with Gasteiger partial charge in [0.2, 0.25) is 0 Å². The quantitative estimate of drug-likeness (QED) is 0.115. The van der Waals surface area contributed by atoms with Crippen molar-refractivity contribution in [2.75, 3.05) is 13.7 Å². The molecule has 2 fully saturated rings. The fourth-order valence-electron chi connectivity index (χ4n) is 4.71. The van der Waals surface area contributed by atoms with E-state index in [4.69, 9.17) is 13.7 Å². The number of amides is 3. The van der Waals surface area contributed by atoms with Crippen LogP contribution in [0.1, 0.15) is 61.3 Å². The third-order valence-electron chi connectivity index (χ3n) is 6.82. The Morgan fingerprint density at radius 1 is 1.12 bits per heavy atom. The zero-order chi connectivity index (χ0) is 32.5. The Kier molecular flexibility index (Phi) is 10.9. The first kappa shape index (κ1) is 35.5. The number of esters is 1. The molecule has 2 aliphatic rings. The Labute approximate surface area is 271 Å². The normalized spacial score (nSPS) is 24.8. The van der Waals surface area contributed by atoms with Gasteiger partial charge >= 0.3 is 257 Å². The Balaban J connectivity index is 1.93. The average molecular weight is 802 g/mol. The number of likely N-dealkylation sites (tertiary alicyclic amines) is 1. The molecule has 0 aliphatic carbocycles. The molecule has 3 rings (SSSR count). The number of nitrogens with one attached hydrogen (secondary N) is 2. The summed E-state index contributed by atoms with van der Waals surface area (Å²) < 4.78 is 41.6. The van der Waals surface area contributed by atoms with E-state index >= 15 is 0 Å². The van der Waals surface area contributed by atoms with Gasteiger partial charge in [-0.05, 0) is 0 Å². The summed E-state index contributed by atoms with van der Waals surface area (Å²) in [5.74, 6) is -1.78. The molecular formula is C28H40BrIN3O9S-. The molecule has 242 valence electrons. The summed E-state index contributed by atoms with van der Waals surface area (Å²) in [6, 6.07) is 3.56. The summed E-state index contributed by atoms with van der Waals surface area (Å²) in [4.78, 5) is 54.4. The second kappa shape index (κ2) is 13.2. The van der Waals surface area contributed by atoms with Crippen LogP contribution in [0, 0.1) is 5.41 Å². The van der Waals surface area contributed by atoms with Gasteiger partial charge < -0.3 is 0 Å². The molecule has 0 spiro atoms. The monoisotopic (exact) mass is 800 g/mol. The van der Waals surface area contributed by atoms with Crippen molar-refractivity contribution in [3.63, 3.8) is 0 Å². The Hall–Kier alpha value is -1.98. The van der Waals surface area contributed by atoms with Gasteiger partial charge in [-0.3, -0.25) is 0 Å². The fourth-order valence-corrected chi connectivity index (χ4v) is 9.25. The number of alkyl carbamates (subject to hydrolysis) is 1. The number of benzene rings is 1. The topological polar surface area (TPSA) is 157 Å². The van der Waals surface area contributed by atoms with E-state index in [1.807, 2.05) is 6.92 Å². The van der Waals surface area contributed by atoms with E-state index < -0.39 is 87.9 Å². The molecule has 15 heteroatoms. The number of rotatable bonds is 9. The third-order valence-corrected chi connectivity index (χ3v) is 13.1. The molecule has 0 aromatic heterocycles. The van der Waals surface area contributed by atoms with Crippen LogP contribution in [-0.4, -0.2) is 82.1 Å². The molecule has 5 atom stereocenters. The zero-order valence-electron chi connectivity index (χ0n) is 25.5. The van der Waals surface area contributed by atoms with Crippen LogP contribution in [0.4, 0.5) is 4.79 Å². The number of hydrogen-bond acceptors (Lipinski definition) is 9. The van der Waals surface area contributed by atoms with Crippen LogP contribution < -0.4 is 31.8 Å². The Morgan fingerprint density at radius 2 is 1.72 bits per heavy atom. The van der Waals surface area contributed by atoms with Crippen molar-refractivity contribution in [3.05, 3.63) is 28.7 Å². The predicted octanol–water partition coefficient (Wildman–Crippen LogP) is -0.0700. The number of carbonyl (C=O) groups is 4. The van der Waals surface area contributed by atoms with Crippen molar-refractivity contribution in [1.82, 2.24) is 15.5 Å². The summed E-state index contributed by atoms with van der Waals surface area (Å²) in [7, 11) is -3.00. The van der Waals surface area contributed by atoms with Gasteiger partial charge in [0.25, 0.3) is 0 Å². The second-order valence-electron chi connectivity index (χ2n) is 12.5. The Bertz CT molecular complexity index is 1340. The molecule has 2 saturated heterocycles. The number of carbonyl (C=O) groups excluding carboxylic acids is 4. The number of methoxy groups -OCH3 is 1. The van der Waals surface area contributed by atoms with Crippen molar-refractivity contribution >= 4 is 49.9 Å². The van der Waals surface area contributed by atoms with Crippen molar-refractivity contribution in [1.29, 1.82) is 0 Å². The Morgan fingerprint density at radius 3 is 2.21 bits per heavy atom.